The fraction of sp³-hybridized carbons (Fsp3) is 0.385. The number of hydrogen-bond donors (Lipinski definition) is 1. The standard InChI is InChI=1S/C13H17ClN4O/c1-9(2)6-18-13(16-8-17-18)7-19-12-5-10(14)3-4-11(12)15/h3-5,8-9H,6-7,15H2,1-2H3. The lowest BCUT2D eigenvalue weighted by molar-refractivity contribution is 0.284. The van der Waals surface area contributed by atoms with E-state index < -0.39 is 0 Å². The highest BCUT2D eigenvalue weighted by molar-refractivity contribution is 6.30. The third-order valence-electron chi connectivity index (χ3n) is 2.57. The predicted octanol–water partition coefficient (Wildman–Crippen LogP) is 2.75. The Morgan fingerprint density at radius 1 is 1.42 bits per heavy atom. The Bertz CT molecular complexity index is 553. The number of aromatic nitrogens is 3. The van der Waals surface area contributed by atoms with Gasteiger partial charge in [-0.05, 0) is 18.1 Å². The topological polar surface area (TPSA) is 66.0 Å². The monoisotopic (exact) mass is 280 g/mol. The van der Waals surface area contributed by atoms with Crippen LogP contribution in [0.2, 0.25) is 5.02 Å². The van der Waals surface area contributed by atoms with Crippen LogP contribution in [0.3, 0.4) is 0 Å². The molecule has 0 radical (unpaired) electrons. The number of nitrogen functional groups attached to an aromatic ring is 1. The molecule has 5 nitrogen and oxygen atoms in total. The molecule has 1 heterocycles. The maximum atomic E-state index is 5.91. The van der Waals surface area contributed by atoms with Crippen molar-refractivity contribution in [2.24, 2.45) is 5.92 Å². The quantitative estimate of drug-likeness (QED) is 0.855. The van der Waals surface area contributed by atoms with Crippen LogP contribution in [-0.2, 0) is 13.2 Å². The second kappa shape index (κ2) is 5.93. The normalized spacial score (nSPS) is 10.9. The van der Waals surface area contributed by atoms with E-state index in [4.69, 9.17) is 22.1 Å². The summed E-state index contributed by atoms with van der Waals surface area (Å²) in [7, 11) is 0. The number of nitrogens with zero attached hydrogens (tertiary/aromatic N) is 3. The van der Waals surface area contributed by atoms with E-state index in [-0.39, 0.29) is 0 Å². The zero-order chi connectivity index (χ0) is 13.8. The highest BCUT2D eigenvalue weighted by Crippen LogP contribution is 2.25. The van der Waals surface area contributed by atoms with Crippen LogP contribution in [0.1, 0.15) is 19.7 Å². The average molecular weight is 281 g/mol. The summed E-state index contributed by atoms with van der Waals surface area (Å²) in [6.07, 6.45) is 1.53. The number of anilines is 1. The molecule has 0 atom stereocenters. The van der Waals surface area contributed by atoms with Crippen LogP contribution in [0, 0.1) is 5.92 Å². The summed E-state index contributed by atoms with van der Waals surface area (Å²) < 4.78 is 7.49. The van der Waals surface area contributed by atoms with Gasteiger partial charge >= 0.3 is 0 Å². The average Bonchev–Trinajstić information content (AvgIpc) is 2.77. The van der Waals surface area contributed by atoms with Gasteiger partial charge in [0.25, 0.3) is 0 Å². The van der Waals surface area contributed by atoms with Crippen LogP contribution in [0.5, 0.6) is 5.75 Å². The molecule has 1 aromatic heterocycles. The molecular weight excluding hydrogens is 264 g/mol. The van der Waals surface area contributed by atoms with Crippen LogP contribution in [-0.4, -0.2) is 14.8 Å². The molecule has 0 aliphatic rings. The van der Waals surface area contributed by atoms with E-state index in [2.05, 4.69) is 23.9 Å². The Hall–Kier alpha value is -1.75. The lowest BCUT2D eigenvalue weighted by Crippen LogP contribution is -2.12. The lowest BCUT2D eigenvalue weighted by atomic mass is 10.2. The summed E-state index contributed by atoms with van der Waals surface area (Å²) in [5.74, 6) is 1.83. The van der Waals surface area contributed by atoms with Crippen molar-refractivity contribution in [3.05, 3.63) is 35.4 Å². The van der Waals surface area contributed by atoms with Crippen molar-refractivity contribution in [1.29, 1.82) is 0 Å². The first kappa shape index (κ1) is 13.7. The molecule has 0 unspecified atom stereocenters. The molecule has 0 fully saturated rings. The van der Waals surface area contributed by atoms with Crippen molar-refractivity contribution in [3.8, 4) is 5.75 Å². The van der Waals surface area contributed by atoms with E-state index in [1.54, 1.807) is 18.2 Å². The Labute approximate surface area is 117 Å². The van der Waals surface area contributed by atoms with Crippen molar-refractivity contribution in [3.63, 3.8) is 0 Å². The Kier molecular flexibility index (Phi) is 4.27. The molecule has 1 aromatic carbocycles. The van der Waals surface area contributed by atoms with Gasteiger partial charge in [0.05, 0.1) is 5.69 Å². The summed E-state index contributed by atoms with van der Waals surface area (Å²) in [5.41, 5.74) is 6.38. The molecule has 102 valence electrons. The molecule has 0 saturated heterocycles. The molecular formula is C13H17ClN4O. The minimum atomic E-state index is 0.317. The third-order valence-corrected chi connectivity index (χ3v) is 2.80. The number of rotatable bonds is 5. The van der Waals surface area contributed by atoms with Gasteiger partial charge in [-0.1, -0.05) is 25.4 Å². The van der Waals surface area contributed by atoms with Crippen molar-refractivity contribution in [1.82, 2.24) is 14.8 Å². The highest BCUT2D eigenvalue weighted by atomic mass is 35.5. The molecule has 0 bridgehead atoms. The number of halogens is 1. The van der Waals surface area contributed by atoms with Gasteiger partial charge < -0.3 is 10.5 Å². The minimum absolute atomic E-state index is 0.317. The van der Waals surface area contributed by atoms with E-state index in [9.17, 15) is 0 Å². The van der Waals surface area contributed by atoms with Gasteiger partial charge in [-0.3, -0.25) is 0 Å². The molecule has 0 amide bonds. The highest BCUT2D eigenvalue weighted by Gasteiger charge is 2.08. The first-order valence-electron chi connectivity index (χ1n) is 6.10. The summed E-state index contributed by atoms with van der Waals surface area (Å²) in [5, 5.41) is 4.77. The number of ether oxygens (including phenoxy) is 1. The van der Waals surface area contributed by atoms with Crippen LogP contribution < -0.4 is 10.5 Å². The third kappa shape index (κ3) is 3.61. The van der Waals surface area contributed by atoms with Crippen molar-refractivity contribution < 1.29 is 4.74 Å². The van der Waals surface area contributed by atoms with Gasteiger partial charge in [-0.2, -0.15) is 5.10 Å². The zero-order valence-electron chi connectivity index (χ0n) is 11.0. The molecule has 0 saturated carbocycles. The summed E-state index contributed by atoms with van der Waals surface area (Å²) in [6.45, 7) is 5.38. The summed E-state index contributed by atoms with van der Waals surface area (Å²) >= 11 is 5.91. The van der Waals surface area contributed by atoms with E-state index >= 15 is 0 Å². The zero-order valence-corrected chi connectivity index (χ0v) is 11.8. The molecule has 6 heteroatoms. The predicted molar refractivity (Wildman–Crippen MR) is 75.1 cm³/mol. The van der Waals surface area contributed by atoms with Crippen molar-refractivity contribution >= 4 is 17.3 Å². The maximum absolute atomic E-state index is 5.91. The van der Waals surface area contributed by atoms with Crippen LogP contribution >= 0.6 is 11.6 Å². The maximum Gasteiger partial charge on any atom is 0.164 e. The summed E-state index contributed by atoms with van der Waals surface area (Å²) in [4.78, 5) is 4.19. The van der Waals surface area contributed by atoms with E-state index in [1.165, 1.54) is 6.33 Å². The van der Waals surface area contributed by atoms with E-state index in [0.717, 1.165) is 12.4 Å². The van der Waals surface area contributed by atoms with Gasteiger partial charge in [0.1, 0.15) is 18.7 Å². The van der Waals surface area contributed by atoms with Crippen molar-refractivity contribution in [2.75, 3.05) is 5.73 Å². The SMILES string of the molecule is CC(C)Cn1ncnc1COc1cc(Cl)ccc1N. The lowest BCUT2D eigenvalue weighted by Gasteiger charge is -2.11. The molecule has 2 rings (SSSR count). The van der Waals surface area contributed by atoms with Gasteiger partial charge in [0, 0.05) is 17.6 Å². The van der Waals surface area contributed by atoms with Gasteiger partial charge in [0.2, 0.25) is 0 Å². The molecule has 19 heavy (non-hydrogen) atoms. The Morgan fingerprint density at radius 2 is 2.21 bits per heavy atom. The minimum Gasteiger partial charge on any atom is -0.483 e. The molecule has 0 aliphatic heterocycles. The van der Waals surface area contributed by atoms with Crippen molar-refractivity contribution in [2.45, 2.75) is 27.0 Å². The van der Waals surface area contributed by atoms with E-state index in [1.807, 2.05) is 4.68 Å². The number of hydrogen-bond acceptors (Lipinski definition) is 4. The van der Waals surface area contributed by atoms with Crippen LogP contribution in [0.4, 0.5) is 5.69 Å². The fourth-order valence-corrected chi connectivity index (χ4v) is 1.84. The Morgan fingerprint density at radius 3 is 2.95 bits per heavy atom. The number of benzene rings is 1. The molecule has 2 aromatic rings. The number of nitrogens with two attached hydrogens (primary N) is 1. The second-order valence-corrected chi connectivity index (χ2v) is 5.16. The molecule has 0 spiro atoms. The first-order valence-corrected chi connectivity index (χ1v) is 6.48. The van der Waals surface area contributed by atoms with Gasteiger partial charge in [-0.25, -0.2) is 9.67 Å². The van der Waals surface area contributed by atoms with E-state index in [0.29, 0.717) is 29.0 Å². The molecule has 0 aliphatic carbocycles. The second-order valence-electron chi connectivity index (χ2n) is 4.72. The largest absolute Gasteiger partial charge is 0.483 e. The van der Waals surface area contributed by atoms with Crippen LogP contribution in [0.25, 0.3) is 0 Å². The van der Waals surface area contributed by atoms with Gasteiger partial charge in [-0.15, -0.1) is 0 Å². The van der Waals surface area contributed by atoms with Crippen LogP contribution in [0.15, 0.2) is 24.5 Å². The fourth-order valence-electron chi connectivity index (χ4n) is 1.67. The Balaban J connectivity index is 2.06. The summed E-state index contributed by atoms with van der Waals surface area (Å²) in [6, 6.07) is 5.14. The smallest absolute Gasteiger partial charge is 0.164 e. The molecule has 2 N–H and O–H groups in total. The van der Waals surface area contributed by atoms with Gasteiger partial charge in [0.15, 0.2) is 5.82 Å². The first-order chi connectivity index (χ1) is 9.06.